The van der Waals surface area contributed by atoms with Gasteiger partial charge in [0, 0.05) is 14.0 Å². The maximum absolute atomic E-state index is 12.2. The van der Waals surface area contributed by atoms with Crippen molar-refractivity contribution >= 4 is 11.6 Å². The van der Waals surface area contributed by atoms with Crippen LogP contribution in [0, 0.1) is 41.7 Å². The van der Waals surface area contributed by atoms with E-state index in [2.05, 4.69) is 15.1 Å². The van der Waals surface area contributed by atoms with Gasteiger partial charge in [-0.1, -0.05) is 5.11 Å². The van der Waals surface area contributed by atoms with Gasteiger partial charge in [-0.25, -0.2) is 9.55 Å². The standard InChI is InChI=1S/C12H12N8O/c1-7-15-9(5-13)11(18(7)3)17-20(21)12-10(6-14)16-8(2)19(12)4/h1-4H3/b20-17-. The van der Waals surface area contributed by atoms with Crippen LogP contribution in [0.25, 0.3) is 0 Å². The van der Waals surface area contributed by atoms with Gasteiger partial charge in [-0.15, -0.1) is 4.86 Å². The Hall–Kier alpha value is -3.20. The zero-order valence-electron chi connectivity index (χ0n) is 12.0. The highest BCUT2D eigenvalue weighted by Crippen LogP contribution is 2.24. The van der Waals surface area contributed by atoms with Crippen molar-refractivity contribution in [3.05, 3.63) is 28.2 Å². The average Bonchev–Trinajstić information content (AvgIpc) is 2.90. The Morgan fingerprint density at radius 2 is 1.57 bits per heavy atom. The van der Waals surface area contributed by atoms with Gasteiger partial charge in [-0.05, 0) is 6.92 Å². The highest BCUT2D eigenvalue weighted by atomic mass is 16.5. The summed E-state index contributed by atoms with van der Waals surface area (Å²) in [5.74, 6) is 1.21. The molecule has 0 aliphatic rings. The van der Waals surface area contributed by atoms with Gasteiger partial charge in [0.05, 0.1) is 7.05 Å². The van der Waals surface area contributed by atoms with Gasteiger partial charge < -0.3 is 9.77 Å². The topological polar surface area (TPSA) is 122 Å². The molecule has 2 heterocycles. The quantitative estimate of drug-likeness (QED) is 0.469. The van der Waals surface area contributed by atoms with Crippen molar-refractivity contribution in [3.8, 4) is 12.1 Å². The number of nitrogens with zero attached hydrogens (tertiary/aromatic N) is 8. The SMILES string of the molecule is Cc1nc(C#N)c(/N=[N+](\[O-])c2c(C#N)nc(C)n2C)n1C. The third-order valence-corrected chi connectivity index (χ3v) is 3.16. The third-order valence-electron chi connectivity index (χ3n) is 3.16. The molecule has 0 unspecified atom stereocenters. The van der Waals surface area contributed by atoms with E-state index in [9.17, 15) is 5.21 Å². The molecule has 2 aromatic rings. The largest absolute Gasteiger partial charge is 0.690 e. The molecule has 0 saturated carbocycles. The summed E-state index contributed by atoms with van der Waals surface area (Å²) >= 11 is 0. The van der Waals surface area contributed by atoms with Crippen LogP contribution in [0.15, 0.2) is 5.11 Å². The fourth-order valence-electron chi connectivity index (χ4n) is 1.81. The normalized spacial score (nSPS) is 11.2. The molecular formula is C12H12N8O. The second kappa shape index (κ2) is 5.06. The van der Waals surface area contributed by atoms with Crippen molar-refractivity contribution in [1.82, 2.24) is 19.1 Å². The van der Waals surface area contributed by atoms with Crippen molar-refractivity contribution in [1.29, 1.82) is 10.5 Å². The number of nitriles is 2. The number of azo groups is 1. The van der Waals surface area contributed by atoms with E-state index in [1.165, 1.54) is 9.13 Å². The second-order valence-electron chi connectivity index (χ2n) is 4.38. The summed E-state index contributed by atoms with van der Waals surface area (Å²) in [5, 5.41) is 34.1. The monoisotopic (exact) mass is 284 g/mol. The molecule has 0 atom stereocenters. The number of aromatic nitrogens is 4. The number of imidazole rings is 2. The molecule has 0 saturated heterocycles. The van der Waals surface area contributed by atoms with Crippen LogP contribution >= 0.6 is 0 Å². The van der Waals surface area contributed by atoms with Gasteiger partial charge in [0.1, 0.15) is 18.0 Å². The predicted molar refractivity (Wildman–Crippen MR) is 70.7 cm³/mol. The first-order valence-electron chi connectivity index (χ1n) is 5.96. The van der Waals surface area contributed by atoms with E-state index in [1.807, 2.05) is 12.1 Å². The summed E-state index contributed by atoms with van der Waals surface area (Å²) in [5.41, 5.74) is 0.0272. The minimum Gasteiger partial charge on any atom is -0.690 e. The van der Waals surface area contributed by atoms with E-state index >= 15 is 0 Å². The fraction of sp³-hybridized carbons (Fsp3) is 0.333. The van der Waals surface area contributed by atoms with E-state index in [0.717, 1.165) is 0 Å². The first-order chi connectivity index (χ1) is 9.90. The van der Waals surface area contributed by atoms with Gasteiger partial charge >= 0.3 is 5.82 Å². The van der Waals surface area contributed by atoms with Crippen molar-refractivity contribution < 1.29 is 4.86 Å². The molecule has 0 spiro atoms. The molecule has 106 valence electrons. The van der Waals surface area contributed by atoms with Gasteiger partial charge in [-0.2, -0.15) is 15.5 Å². The maximum Gasteiger partial charge on any atom is 0.344 e. The highest BCUT2D eigenvalue weighted by molar-refractivity contribution is 5.45. The van der Waals surface area contributed by atoms with Gasteiger partial charge in [-0.3, -0.25) is 0 Å². The zero-order valence-corrected chi connectivity index (χ0v) is 12.0. The lowest BCUT2D eigenvalue weighted by Crippen LogP contribution is -2.02. The van der Waals surface area contributed by atoms with Crippen LogP contribution in [0.2, 0.25) is 0 Å². The molecule has 0 aromatic carbocycles. The summed E-state index contributed by atoms with van der Waals surface area (Å²) < 4.78 is 2.99. The Kier molecular flexibility index (Phi) is 3.42. The molecule has 0 N–H and O–H groups in total. The molecule has 2 aromatic heterocycles. The van der Waals surface area contributed by atoms with Crippen LogP contribution in [0.4, 0.5) is 11.6 Å². The average molecular weight is 284 g/mol. The van der Waals surface area contributed by atoms with Gasteiger partial charge in [0.25, 0.3) is 0 Å². The van der Waals surface area contributed by atoms with Crippen LogP contribution in [-0.4, -0.2) is 24.0 Å². The molecule has 9 heteroatoms. The highest BCUT2D eigenvalue weighted by Gasteiger charge is 2.22. The zero-order chi connectivity index (χ0) is 15.7. The lowest BCUT2D eigenvalue weighted by atomic mass is 10.5. The van der Waals surface area contributed by atoms with Crippen LogP contribution in [0.5, 0.6) is 0 Å². The lowest BCUT2D eigenvalue weighted by molar-refractivity contribution is -0.442. The molecule has 0 radical (unpaired) electrons. The summed E-state index contributed by atoms with van der Waals surface area (Å²) in [6, 6.07) is 3.74. The molecule has 0 aliphatic heterocycles. The maximum atomic E-state index is 12.2. The summed E-state index contributed by atoms with van der Waals surface area (Å²) in [4.78, 5) is 8.26. The summed E-state index contributed by atoms with van der Waals surface area (Å²) in [6.45, 7) is 3.37. The number of hydrogen-bond donors (Lipinski definition) is 0. The smallest absolute Gasteiger partial charge is 0.344 e. The van der Waals surface area contributed by atoms with Crippen LogP contribution in [0.1, 0.15) is 23.0 Å². The molecule has 9 nitrogen and oxygen atoms in total. The van der Waals surface area contributed by atoms with E-state index in [4.69, 9.17) is 10.5 Å². The van der Waals surface area contributed by atoms with Gasteiger partial charge in [0.15, 0.2) is 11.5 Å². The number of hydrogen-bond acceptors (Lipinski definition) is 6. The molecule has 0 amide bonds. The minimum absolute atomic E-state index is 0.0118. The molecule has 0 aliphatic carbocycles. The Morgan fingerprint density at radius 1 is 1.05 bits per heavy atom. The number of aryl methyl sites for hydroxylation is 2. The molecule has 0 fully saturated rings. The van der Waals surface area contributed by atoms with Crippen molar-refractivity contribution in [2.75, 3.05) is 0 Å². The van der Waals surface area contributed by atoms with E-state index in [-0.39, 0.29) is 27.9 Å². The minimum atomic E-state index is -0.0221. The molecular weight excluding hydrogens is 272 g/mol. The Balaban J connectivity index is 2.64. The predicted octanol–water partition coefficient (Wildman–Crippen LogP) is 1.44. The molecule has 2 rings (SSSR count). The lowest BCUT2D eigenvalue weighted by Gasteiger charge is -2.05. The van der Waals surface area contributed by atoms with Gasteiger partial charge in [0.2, 0.25) is 11.5 Å². The Bertz CT molecular complexity index is 827. The van der Waals surface area contributed by atoms with Crippen molar-refractivity contribution in [3.63, 3.8) is 0 Å². The fourth-order valence-corrected chi connectivity index (χ4v) is 1.81. The van der Waals surface area contributed by atoms with Crippen LogP contribution in [0.3, 0.4) is 0 Å². The van der Waals surface area contributed by atoms with Crippen LogP contribution < -0.4 is 0 Å². The Labute approximate surface area is 120 Å². The first-order valence-corrected chi connectivity index (χ1v) is 5.96. The van der Waals surface area contributed by atoms with Crippen LogP contribution in [-0.2, 0) is 14.1 Å². The summed E-state index contributed by atoms with van der Waals surface area (Å²) in [6.07, 6.45) is 0. The molecule has 21 heavy (non-hydrogen) atoms. The number of rotatable bonds is 2. The second-order valence-corrected chi connectivity index (χ2v) is 4.38. The van der Waals surface area contributed by atoms with E-state index in [1.54, 1.807) is 27.9 Å². The molecule has 0 bridgehead atoms. The Morgan fingerprint density at radius 3 is 2.14 bits per heavy atom. The third kappa shape index (κ3) is 2.21. The summed E-state index contributed by atoms with van der Waals surface area (Å²) in [7, 11) is 3.26. The van der Waals surface area contributed by atoms with Crippen molar-refractivity contribution in [2.24, 2.45) is 19.2 Å². The van der Waals surface area contributed by atoms with Crippen molar-refractivity contribution in [2.45, 2.75) is 13.8 Å². The van der Waals surface area contributed by atoms with E-state index < -0.39 is 0 Å². The van der Waals surface area contributed by atoms with E-state index in [0.29, 0.717) is 11.6 Å². The first kappa shape index (κ1) is 14.2.